The summed E-state index contributed by atoms with van der Waals surface area (Å²) in [5.74, 6) is 4.52. The van der Waals surface area contributed by atoms with Crippen molar-refractivity contribution in [1.29, 1.82) is 0 Å². The maximum atomic E-state index is 10.2. The molecule has 0 aromatic rings. The third-order valence-electron chi connectivity index (χ3n) is 0.520. The minimum atomic E-state index is -2.36. The molecule has 0 saturated heterocycles. The predicted octanol–water partition coefficient (Wildman–Crippen LogP) is -1.25. The molecule has 0 aliphatic carbocycles. The Morgan fingerprint density at radius 1 is 1.36 bits per heavy atom. The summed E-state index contributed by atoms with van der Waals surface area (Å²) in [4.78, 5) is 0. The average Bonchev–Trinajstić information content (AvgIpc) is 1.83. The zero-order chi connectivity index (χ0) is 6.41. The first-order valence-electron chi connectivity index (χ1n) is 2.34. The van der Waals surface area contributed by atoms with Crippen LogP contribution in [0.25, 0.3) is 0 Å². The van der Waals surface area contributed by atoms with E-state index < -0.39 is 8.25 Å². The van der Waals surface area contributed by atoms with Crippen molar-refractivity contribution in [2.45, 2.75) is 13.3 Å². The first-order valence-corrected chi connectivity index (χ1v) is 3.57. The van der Waals surface area contributed by atoms with Crippen LogP contribution in [0.2, 0.25) is 0 Å². The molecule has 0 rings (SSSR count). The second-order valence-electron chi connectivity index (χ2n) is 1.22. The van der Waals surface area contributed by atoms with Crippen molar-refractivity contribution in [3.8, 4) is 0 Å². The summed E-state index contributed by atoms with van der Waals surface area (Å²) in [5.41, 5.74) is 0. The van der Waals surface area contributed by atoms with Gasteiger partial charge in [0, 0.05) is 0 Å². The normalized spacial score (nSPS) is 10.0. The van der Waals surface area contributed by atoms with Crippen molar-refractivity contribution in [2.24, 2.45) is 5.90 Å². The molecule has 0 aliphatic heterocycles. The summed E-state index contributed by atoms with van der Waals surface area (Å²) in [5, 5.41) is 0. The molecular weight excluding hydrogens is 198 g/mol. The van der Waals surface area contributed by atoms with E-state index in [4.69, 9.17) is 0 Å². The van der Waals surface area contributed by atoms with Gasteiger partial charge in [0.2, 0.25) is 0 Å². The van der Waals surface area contributed by atoms with Crippen LogP contribution in [0.5, 0.6) is 0 Å². The molecule has 0 fully saturated rings. The van der Waals surface area contributed by atoms with Gasteiger partial charge in [-0.1, -0.05) is 6.92 Å². The zero-order valence-corrected chi connectivity index (χ0v) is 5.72. The van der Waals surface area contributed by atoms with Crippen LogP contribution in [0.4, 0.5) is 0 Å². The van der Waals surface area contributed by atoms with Crippen molar-refractivity contribution >= 4 is 96.9 Å². The monoisotopic (exact) mass is 211 g/mol. The van der Waals surface area contributed by atoms with Gasteiger partial charge in [-0.3, -0.25) is 4.57 Å². The Balaban J connectivity index is -0.0000000817. The molecule has 8 heteroatoms. The standard InChI is InChI=1S/C3H10NO3P.3Na.3H/c1-2-3-6-8(5)7-4;;;;;;/h8H,2-4H2,1H3;;;;;;. The molecule has 11 heavy (non-hydrogen) atoms. The van der Waals surface area contributed by atoms with Gasteiger partial charge in [-0.2, -0.15) is 0 Å². The van der Waals surface area contributed by atoms with Gasteiger partial charge >= 0.3 is 96.9 Å². The van der Waals surface area contributed by atoms with Crippen molar-refractivity contribution in [1.82, 2.24) is 0 Å². The summed E-state index contributed by atoms with van der Waals surface area (Å²) in [6.07, 6.45) is 0.819. The molecule has 0 heterocycles. The molecule has 0 aromatic heterocycles. The fraction of sp³-hybridized carbons (Fsp3) is 1.00. The molecule has 0 spiro atoms. The number of hydrogen-bond acceptors (Lipinski definition) is 4. The van der Waals surface area contributed by atoms with Crippen molar-refractivity contribution in [2.75, 3.05) is 6.61 Å². The minimum absolute atomic E-state index is 0. The summed E-state index contributed by atoms with van der Waals surface area (Å²) in [6.45, 7) is 2.35. The van der Waals surface area contributed by atoms with Gasteiger partial charge in [0.1, 0.15) is 0 Å². The molecule has 0 saturated carbocycles. The third-order valence-corrected chi connectivity index (χ3v) is 1.15. The molecule has 0 radical (unpaired) electrons. The third kappa shape index (κ3) is 19.5. The van der Waals surface area contributed by atoms with E-state index in [1.165, 1.54) is 0 Å². The average molecular weight is 211 g/mol. The summed E-state index contributed by atoms with van der Waals surface area (Å²) in [7, 11) is -2.36. The summed E-state index contributed by atoms with van der Waals surface area (Å²) in [6, 6.07) is 0. The molecule has 0 bridgehead atoms. The van der Waals surface area contributed by atoms with Gasteiger partial charge < -0.3 is 4.52 Å². The first kappa shape index (κ1) is 23.7. The second kappa shape index (κ2) is 18.8. The predicted molar refractivity (Wildman–Crippen MR) is 52.0 cm³/mol. The van der Waals surface area contributed by atoms with Crippen LogP contribution in [-0.4, -0.2) is 95.3 Å². The fourth-order valence-electron chi connectivity index (χ4n) is 0.219. The van der Waals surface area contributed by atoms with Crippen molar-refractivity contribution in [3.05, 3.63) is 0 Å². The molecule has 56 valence electrons. The van der Waals surface area contributed by atoms with E-state index in [9.17, 15) is 4.57 Å². The van der Waals surface area contributed by atoms with Crippen LogP contribution >= 0.6 is 8.25 Å². The SMILES string of the molecule is CCCO[PH](=O)ON.[NaH].[NaH].[NaH]. The Morgan fingerprint density at radius 2 is 1.82 bits per heavy atom. The van der Waals surface area contributed by atoms with E-state index in [-0.39, 0.29) is 88.7 Å². The van der Waals surface area contributed by atoms with Crippen LogP contribution in [-0.2, 0) is 13.7 Å². The molecule has 2 N–H and O–H groups in total. The van der Waals surface area contributed by atoms with Gasteiger partial charge in [0.05, 0.1) is 6.61 Å². The number of rotatable bonds is 4. The molecule has 4 nitrogen and oxygen atoms in total. The van der Waals surface area contributed by atoms with Gasteiger partial charge in [-0.05, 0) is 6.42 Å². The Morgan fingerprint density at radius 3 is 2.09 bits per heavy atom. The fourth-order valence-corrected chi connectivity index (χ4v) is 0.658. The van der Waals surface area contributed by atoms with Crippen LogP contribution < -0.4 is 5.90 Å². The van der Waals surface area contributed by atoms with E-state index in [2.05, 4.69) is 15.0 Å². The van der Waals surface area contributed by atoms with Crippen molar-refractivity contribution < 1.29 is 13.7 Å². The van der Waals surface area contributed by atoms with Crippen LogP contribution in [0.1, 0.15) is 13.3 Å². The summed E-state index contributed by atoms with van der Waals surface area (Å²) < 4.78 is 18.6. The Hall–Kier alpha value is 3.11. The molecule has 0 aromatic carbocycles. The molecular formula is C3H13NNa3O3P. The zero-order valence-electron chi connectivity index (χ0n) is 4.72. The molecule has 1 unspecified atom stereocenters. The van der Waals surface area contributed by atoms with E-state index >= 15 is 0 Å². The Kier molecular flexibility index (Phi) is 40.6. The number of nitrogens with two attached hydrogens (primary N) is 1. The van der Waals surface area contributed by atoms with E-state index in [1.54, 1.807) is 0 Å². The first-order chi connectivity index (χ1) is 3.81. The molecule has 1 atom stereocenters. The maximum absolute atomic E-state index is 10.2. The Bertz CT molecular complexity index is 86.2. The molecule has 0 amide bonds. The van der Waals surface area contributed by atoms with E-state index in [0.717, 1.165) is 6.42 Å². The van der Waals surface area contributed by atoms with Gasteiger partial charge in [0.15, 0.2) is 0 Å². The second-order valence-corrected chi connectivity index (χ2v) is 2.24. The summed E-state index contributed by atoms with van der Waals surface area (Å²) >= 11 is 0. The van der Waals surface area contributed by atoms with Crippen LogP contribution in [0.15, 0.2) is 0 Å². The molecule has 0 aliphatic rings. The van der Waals surface area contributed by atoms with E-state index in [0.29, 0.717) is 6.61 Å². The number of hydrogen-bond donors (Lipinski definition) is 1. The van der Waals surface area contributed by atoms with Crippen LogP contribution in [0.3, 0.4) is 0 Å². The quantitative estimate of drug-likeness (QED) is 0.358. The van der Waals surface area contributed by atoms with E-state index in [1.807, 2.05) is 6.92 Å². The van der Waals surface area contributed by atoms with Gasteiger partial charge in [-0.25, -0.2) is 10.5 Å². The van der Waals surface area contributed by atoms with Gasteiger partial charge in [-0.15, -0.1) is 0 Å². The van der Waals surface area contributed by atoms with Gasteiger partial charge in [0.25, 0.3) is 0 Å². The topological polar surface area (TPSA) is 61.5 Å². The van der Waals surface area contributed by atoms with Crippen LogP contribution in [0, 0.1) is 0 Å². The Labute approximate surface area is 134 Å². The van der Waals surface area contributed by atoms with Crippen molar-refractivity contribution in [3.63, 3.8) is 0 Å².